The van der Waals surface area contributed by atoms with Crippen LogP contribution in [0, 0.1) is 0 Å². The number of rotatable bonds is 3. The van der Waals surface area contributed by atoms with Gasteiger partial charge < -0.3 is 4.90 Å². The minimum Gasteiger partial charge on any atom is -0.311 e. The second-order valence-electron chi connectivity index (χ2n) is 3.99. The normalized spacial score (nSPS) is 10.1. The molecule has 92 valence electrons. The van der Waals surface area contributed by atoms with Crippen molar-refractivity contribution in [1.82, 2.24) is 0 Å². The van der Waals surface area contributed by atoms with Gasteiger partial charge in [0.15, 0.2) is 0 Å². The van der Waals surface area contributed by atoms with Crippen molar-refractivity contribution < 1.29 is 4.79 Å². The summed E-state index contributed by atoms with van der Waals surface area (Å²) in [5.74, 6) is 0.294. The molecule has 18 heavy (non-hydrogen) atoms. The van der Waals surface area contributed by atoms with Crippen LogP contribution in [0.2, 0.25) is 0 Å². The number of carbonyl (C=O) groups is 1. The Morgan fingerprint density at radius 3 is 2.33 bits per heavy atom. The number of benzene rings is 2. The molecular weight excluding hydrogens is 246 g/mol. The number of hydrogen-bond acceptors (Lipinski definition) is 1. The molecule has 0 aliphatic rings. The Kier molecular flexibility index (Phi) is 4.00. The predicted molar refractivity (Wildman–Crippen MR) is 75.2 cm³/mol. The Hall–Kier alpha value is -1.80. The Morgan fingerprint density at radius 1 is 1.06 bits per heavy atom. The first kappa shape index (κ1) is 12.7. The van der Waals surface area contributed by atoms with Crippen molar-refractivity contribution in [1.29, 1.82) is 0 Å². The fraction of sp³-hybridized carbons (Fsp3) is 0.133. The van der Waals surface area contributed by atoms with Crippen molar-refractivity contribution in [2.45, 2.75) is 5.88 Å². The summed E-state index contributed by atoms with van der Waals surface area (Å²) in [5, 5.41) is 0. The van der Waals surface area contributed by atoms with E-state index >= 15 is 0 Å². The van der Waals surface area contributed by atoms with Gasteiger partial charge in [0.1, 0.15) is 0 Å². The van der Waals surface area contributed by atoms with Gasteiger partial charge in [-0.3, -0.25) is 4.79 Å². The number of nitrogens with zero attached hydrogens (tertiary/aromatic N) is 1. The molecule has 3 heteroatoms. The van der Waals surface area contributed by atoms with Crippen LogP contribution < -0.4 is 4.90 Å². The summed E-state index contributed by atoms with van der Waals surface area (Å²) in [6, 6.07) is 17.0. The molecule has 0 fully saturated rings. The number of carbonyl (C=O) groups excluding carboxylic acids is 1. The van der Waals surface area contributed by atoms with E-state index < -0.39 is 0 Å². The highest BCUT2D eigenvalue weighted by atomic mass is 35.5. The quantitative estimate of drug-likeness (QED) is 0.770. The molecule has 0 N–H and O–H groups in total. The van der Waals surface area contributed by atoms with E-state index in [0.29, 0.717) is 11.4 Å². The van der Waals surface area contributed by atoms with Gasteiger partial charge in [-0.1, -0.05) is 36.4 Å². The van der Waals surface area contributed by atoms with Gasteiger partial charge in [0.05, 0.1) is 0 Å². The number of anilines is 1. The molecular formula is C15H14ClNO. The molecule has 0 aliphatic heterocycles. The number of hydrogen-bond donors (Lipinski definition) is 0. The van der Waals surface area contributed by atoms with E-state index in [0.717, 1.165) is 11.3 Å². The third-order valence-corrected chi connectivity index (χ3v) is 3.13. The maximum atomic E-state index is 12.4. The van der Waals surface area contributed by atoms with Crippen molar-refractivity contribution in [3.8, 4) is 0 Å². The Balaban J connectivity index is 2.32. The maximum absolute atomic E-state index is 12.4. The van der Waals surface area contributed by atoms with Crippen LogP contribution in [0.4, 0.5) is 5.69 Å². The molecule has 2 aromatic carbocycles. The fourth-order valence-electron chi connectivity index (χ4n) is 1.80. The molecule has 0 saturated heterocycles. The number of amides is 1. The van der Waals surface area contributed by atoms with Crippen molar-refractivity contribution in [3.63, 3.8) is 0 Å². The fourth-order valence-corrected chi connectivity index (χ4v) is 2.03. The standard InChI is InChI=1S/C15H14ClNO/c1-17(13-8-3-2-4-9-13)15(18)14-10-6-5-7-12(14)11-16/h2-10H,11H2,1H3. The predicted octanol–water partition coefficient (Wildman–Crippen LogP) is 3.70. The van der Waals surface area contributed by atoms with E-state index in [4.69, 9.17) is 11.6 Å². The Morgan fingerprint density at radius 2 is 1.67 bits per heavy atom. The van der Waals surface area contributed by atoms with Gasteiger partial charge in [-0.05, 0) is 23.8 Å². The van der Waals surface area contributed by atoms with Crippen LogP contribution in [-0.4, -0.2) is 13.0 Å². The number of para-hydroxylation sites is 1. The molecule has 0 radical (unpaired) electrons. The molecule has 2 rings (SSSR count). The van der Waals surface area contributed by atoms with Gasteiger partial charge >= 0.3 is 0 Å². The monoisotopic (exact) mass is 259 g/mol. The summed E-state index contributed by atoms with van der Waals surface area (Å²) in [7, 11) is 1.77. The Bertz CT molecular complexity index is 539. The number of alkyl halides is 1. The summed E-state index contributed by atoms with van der Waals surface area (Å²) in [4.78, 5) is 14.0. The second kappa shape index (κ2) is 5.69. The maximum Gasteiger partial charge on any atom is 0.258 e. The first-order valence-corrected chi connectivity index (χ1v) is 6.24. The molecule has 0 spiro atoms. The van der Waals surface area contributed by atoms with Crippen LogP contribution >= 0.6 is 11.6 Å². The van der Waals surface area contributed by atoms with Crippen LogP contribution in [-0.2, 0) is 5.88 Å². The molecule has 2 nitrogen and oxygen atoms in total. The van der Waals surface area contributed by atoms with Crippen LogP contribution in [0.15, 0.2) is 54.6 Å². The van der Waals surface area contributed by atoms with Gasteiger partial charge in [0.2, 0.25) is 0 Å². The zero-order chi connectivity index (χ0) is 13.0. The molecule has 0 saturated carbocycles. The van der Waals surface area contributed by atoms with E-state index in [2.05, 4.69) is 0 Å². The summed E-state index contributed by atoms with van der Waals surface area (Å²) in [6.07, 6.45) is 0. The summed E-state index contributed by atoms with van der Waals surface area (Å²) in [5.41, 5.74) is 2.37. The molecule has 0 unspecified atom stereocenters. The summed E-state index contributed by atoms with van der Waals surface area (Å²) in [6.45, 7) is 0. The minimum atomic E-state index is -0.0440. The van der Waals surface area contributed by atoms with E-state index in [1.807, 2.05) is 48.5 Å². The molecule has 1 amide bonds. The van der Waals surface area contributed by atoms with Crippen molar-refractivity contribution in [2.75, 3.05) is 11.9 Å². The molecule has 0 aromatic heterocycles. The van der Waals surface area contributed by atoms with Gasteiger partial charge in [-0.25, -0.2) is 0 Å². The SMILES string of the molecule is CN(C(=O)c1ccccc1CCl)c1ccccc1. The zero-order valence-electron chi connectivity index (χ0n) is 10.1. The van der Waals surface area contributed by atoms with Crippen LogP contribution in [0.5, 0.6) is 0 Å². The summed E-state index contributed by atoms with van der Waals surface area (Å²) >= 11 is 5.86. The molecule has 0 atom stereocenters. The summed E-state index contributed by atoms with van der Waals surface area (Å²) < 4.78 is 0. The van der Waals surface area contributed by atoms with Crippen LogP contribution in [0.3, 0.4) is 0 Å². The highest BCUT2D eigenvalue weighted by Crippen LogP contribution is 2.18. The molecule has 2 aromatic rings. The zero-order valence-corrected chi connectivity index (χ0v) is 10.9. The van der Waals surface area contributed by atoms with E-state index in [-0.39, 0.29) is 5.91 Å². The van der Waals surface area contributed by atoms with Crippen molar-refractivity contribution >= 4 is 23.2 Å². The Labute approximate surface area is 112 Å². The lowest BCUT2D eigenvalue weighted by atomic mass is 10.1. The first-order valence-electron chi connectivity index (χ1n) is 5.71. The third kappa shape index (κ3) is 2.54. The average molecular weight is 260 g/mol. The van der Waals surface area contributed by atoms with Gasteiger partial charge in [0.25, 0.3) is 5.91 Å². The smallest absolute Gasteiger partial charge is 0.258 e. The second-order valence-corrected chi connectivity index (χ2v) is 4.26. The lowest BCUT2D eigenvalue weighted by molar-refractivity contribution is 0.0992. The average Bonchev–Trinajstić information content (AvgIpc) is 2.46. The highest BCUT2D eigenvalue weighted by molar-refractivity contribution is 6.18. The third-order valence-electron chi connectivity index (χ3n) is 2.84. The van der Waals surface area contributed by atoms with E-state index in [1.54, 1.807) is 18.0 Å². The van der Waals surface area contributed by atoms with Crippen LogP contribution in [0.25, 0.3) is 0 Å². The molecule has 0 bridgehead atoms. The molecule has 0 aliphatic carbocycles. The van der Waals surface area contributed by atoms with Crippen LogP contribution in [0.1, 0.15) is 15.9 Å². The van der Waals surface area contributed by atoms with Crippen molar-refractivity contribution in [3.05, 3.63) is 65.7 Å². The van der Waals surface area contributed by atoms with Gasteiger partial charge in [-0.2, -0.15) is 0 Å². The first-order chi connectivity index (χ1) is 8.74. The molecule has 0 heterocycles. The lowest BCUT2D eigenvalue weighted by Gasteiger charge is -2.18. The van der Waals surface area contributed by atoms with Gasteiger partial charge in [0, 0.05) is 24.2 Å². The lowest BCUT2D eigenvalue weighted by Crippen LogP contribution is -2.27. The van der Waals surface area contributed by atoms with Gasteiger partial charge in [-0.15, -0.1) is 11.6 Å². The highest BCUT2D eigenvalue weighted by Gasteiger charge is 2.15. The van der Waals surface area contributed by atoms with E-state index in [1.165, 1.54) is 0 Å². The van der Waals surface area contributed by atoms with E-state index in [9.17, 15) is 4.79 Å². The largest absolute Gasteiger partial charge is 0.311 e. The topological polar surface area (TPSA) is 20.3 Å². The van der Waals surface area contributed by atoms with Crippen molar-refractivity contribution in [2.24, 2.45) is 0 Å². The number of halogens is 1. The minimum absolute atomic E-state index is 0.0440.